The monoisotopic (exact) mass is 336 g/mol. The number of hydrogen-bond donors (Lipinski definition) is 2. The number of benzene rings is 2. The Balaban J connectivity index is 1.98. The largest absolute Gasteiger partial charge is 0.449 e. The van der Waals surface area contributed by atoms with Crippen molar-refractivity contribution in [2.45, 2.75) is 13.0 Å². The molecule has 23 heavy (non-hydrogen) atoms. The molecular formula is C16H14ClFN2O3. The summed E-state index contributed by atoms with van der Waals surface area (Å²) in [5.41, 5.74) is 6.44. The molecule has 2 rings (SSSR count). The van der Waals surface area contributed by atoms with Crippen LogP contribution in [0.25, 0.3) is 0 Å². The maximum atomic E-state index is 12.8. The summed E-state index contributed by atoms with van der Waals surface area (Å²) in [6.45, 7) is 1.43. The molecule has 2 aromatic carbocycles. The standard InChI is InChI=1S/C16H14ClFN2O3/c1-9(15(21)20-12-5-3-11(18)4-6-12)23-16(22)10-2-7-13(17)14(19)8-10/h2-9H,19H2,1H3,(H,20,21). The van der Waals surface area contributed by atoms with Gasteiger partial charge in [-0.15, -0.1) is 0 Å². The minimum atomic E-state index is -1.04. The van der Waals surface area contributed by atoms with Crippen molar-refractivity contribution in [3.63, 3.8) is 0 Å². The molecule has 1 unspecified atom stereocenters. The lowest BCUT2D eigenvalue weighted by Crippen LogP contribution is -2.30. The smallest absolute Gasteiger partial charge is 0.338 e. The second-order valence-corrected chi connectivity index (χ2v) is 5.19. The van der Waals surface area contributed by atoms with Gasteiger partial charge in [0.1, 0.15) is 5.82 Å². The minimum Gasteiger partial charge on any atom is -0.449 e. The summed E-state index contributed by atoms with van der Waals surface area (Å²) in [7, 11) is 0. The van der Waals surface area contributed by atoms with Crippen molar-refractivity contribution >= 4 is 34.9 Å². The van der Waals surface area contributed by atoms with Gasteiger partial charge in [-0.1, -0.05) is 11.6 Å². The van der Waals surface area contributed by atoms with Gasteiger partial charge in [-0.2, -0.15) is 0 Å². The molecule has 0 bridgehead atoms. The van der Waals surface area contributed by atoms with E-state index in [0.29, 0.717) is 10.7 Å². The highest BCUT2D eigenvalue weighted by atomic mass is 35.5. The number of nitrogens with one attached hydrogen (secondary N) is 1. The normalized spacial score (nSPS) is 11.6. The molecule has 1 amide bonds. The summed E-state index contributed by atoms with van der Waals surface area (Å²) in [4.78, 5) is 23.9. The van der Waals surface area contributed by atoms with Gasteiger partial charge < -0.3 is 15.8 Å². The van der Waals surface area contributed by atoms with E-state index < -0.39 is 23.8 Å². The van der Waals surface area contributed by atoms with Crippen LogP contribution in [0.2, 0.25) is 5.02 Å². The first-order chi connectivity index (χ1) is 10.9. The molecule has 0 aliphatic carbocycles. The van der Waals surface area contributed by atoms with E-state index in [1.807, 2.05) is 0 Å². The molecule has 0 aliphatic heterocycles. The number of esters is 1. The molecule has 0 heterocycles. The highest BCUT2D eigenvalue weighted by Crippen LogP contribution is 2.20. The topological polar surface area (TPSA) is 81.4 Å². The maximum absolute atomic E-state index is 12.8. The van der Waals surface area contributed by atoms with Gasteiger partial charge in [-0.05, 0) is 49.4 Å². The van der Waals surface area contributed by atoms with Crippen molar-refractivity contribution in [1.29, 1.82) is 0 Å². The molecule has 7 heteroatoms. The van der Waals surface area contributed by atoms with E-state index in [1.165, 1.54) is 49.4 Å². The first kappa shape index (κ1) is 16.8. The van der Waals surface area contributed by atoms with E-state index in [4.69, 9.17) is 22.1 Å². The summed E-state index contributed by atoms with van der Waals surface area (Å²) in [6.07, 6.45) is -1.04. The maximum Gasteiger partial charge on any atom is 0.338 e. The fourth-order valence-electron chi connectivity index (χ4n) is 1.73. The minimum absolute atomic E-state index is 0.188. The van der Waals surface area contributed by atoms with Gasteiger partial charge in [0, 0.05) is 5.69 Å². The lowest BCUT2D eigenvalue weighted by molar-refractivity contribution is -0.123. The van der Waals surface area contributed by atoms with Crippen LogP contribution in [0.5, 0.6) is 0 Å². The predicted octanol–water partition coefficient (Wildman–Crippen LogP) is 3.25. The Morgan fingerprint density at radius 1 is 1.22 bits per heavy atom. The molecular weight excluding hydrogens is 323 g/mol. The number of nitrogens with two attached hydrogens (primary N) is 1. The zero-order valence-electron chi connectivity index (χ0n) is 12.2. The Hall–Kier alpha value is -2.60. The molecule has 120 valence electrons. The molecule has 1 atom stereocenters. The summed E-state index contributed by atoms with van der Waals surface area (Å²) in [6, 6.07) is 9.52. The van der Waals surface area contributed by atoms with Gasteiger partial charge in [0.2, 0.25) is 0 Å². The average molecular weight is 337 g/mol. The number of carbonyl (C=O) groups is 2. The Bertz CT molecular complexity index is 735. The van der Waals surface area contributed by atoms with E-state index in [9.17, 15) is 14.0 Å². The van der Waals surface area contributed by atoms with Crippen LogP contribution in [-0.4, -0.2) is 18.0 Å². The molecule has 0 spiro atoms. The second kappa shape index (κ2) is 7.11. The summed E-state index contributed by atoms with van der Waals surface area (Å²) >= 11 is 5.77. The van der Waals surface area contributed by atoms with Crippen LogP contribution in [-0.2, 0) is 9.53 Å². The van der Waals surface area contributed by atoms with Crippen molar-refractivity contribution in [1.82, 2.24) is 0 Å². The van der Waals surface area contributed by atoms with Gasteiger partial charge in [0.25, 0.3) is 5.91 Å². The van der Waals surface area contributed by atoms with Gasteiger partial charge in [0.05, 0.1) is 16.3 Å². The van der Waals surface area contributed by atoms with Crippen LogP contribution in [0.3, 0.4) is 0 Å². The van der Waals surface area contributed by atoms with E-state index >= 15 is 0 Å². The van der Waals surface area contributed by atoms with Crippen LogP contribution >= 0.6 is 11.6 Å². The summed E-state index contributed by atoms with van der Waals surface area (Å²) in [5.74, 6) is -1.65. The van der Waals surface area contributed by atoms with Crippen LogP contribution < -0.4 is 11.1 Å². The third kappa shape index (κ3) is 4.43. The number of ether oxygens (including phenoxy) is 1. The highest BCUT2D eigenvalue weighted by Gasteiger charge is 2.19. The number of carbonyl (C=O) groups excluding carboxylic acids is 2. The lowest BCUT2D eigenvalue weighted by Gasteiger charge is -2.14. The number of nitrogen functional groups attached to an aromatic ring is 1. The molecule has 0 aliphatic rings. The third-order valence-electron chi connectivity index (χ3n) is 3.00. The molecule has 0 saturated carbocycles. The number of rotatable bonds is 4. The molecule has 2 aromatic rings. The van der Waals surface area contributed by atoms with Crippen molar-refractivity contribution in [2.24, 2.45) is 0 Å². The number of hydrogen-bond acceptors (Lipinski definition) is 4. The van der Waals surface area contributed by atoms with Gasteiger partial charge >= 0.3 is 5.97 Å². The van der Waals surface area contributed by atoms with Crippen molar-refractivity contribution in [3.8, 4) is 0 Å². The van der Waals surface area contributed by atoms with Gasteiger partial charge in [0.15, 0.2) is 6.10 Å². The molecule has 0 fully saturated rings. The fourth-order valence-corrected chi connectivity index (χ4v) is 1.85. The Morgan fingerprint density at radius 3 is 2.48 bits per heavy atom. The Morgan fingerprint density at radius 2 is 1.87 bits per heavy atom. The molecule has 0 aromatic heterocycles. The fraction of sp³-hybridized carbons (Fsp3) is 0.125. The number of anilines is 2. The number of halogens is 2. The molecule has 0 radical (unpaired) electrons. The van der Waals surface area contributed by atoms with Crippen molar-refractivity contribution < 1.29 is 18.7 Å². The van der Waals surface area contributed by atoms with E-state index in [1.54, 1.807) is 0 Å². The van der Waals surface area contributed by atoms with Crippen molar-refractivity contribution in [2.75, 3.05) is 11.1 Å². The molecule has 0 saturated heterocycles. The molecule has 3 N–H and O–H groups in total. The quantitative estimate of drug-likeness (QED) is 0.663. The van der Waals surface area contributed by atoms with Gasteiger partial charge in [-0.25, -0.2) is 9.18 Å². The van der Waals surface area contributed by atoms with E-state index in [-0.39, 0.29) is 11.3 Å². The Kier molecular flexibility index (Phi) is 5.18. The average Bonchev–Trinajstić information content (AvgIpc) is 2.52. The highest BCUT2D eigenvalue weighted by molar-refractivity contribution is 6.33. The third-order valence-corrected chi connectivity index (χ3v) is 3.34. The predicted molar refractivity (Wildman–Crippen MR) is 85.8 cm³/mol. The van der Waals surface area contributed by atoms with E-state index in [2.05, 4.69) is 5.32 Å². The number of amides is 1. The van der Waals surface area contributed by atoms with E-state index in [0.717, 1.165) is 0 Å². The van der Waals surface area contributed by atoms with Gasteiger partial charge in [-0.3, -0.25) is 4.79 Å². The zero-order chi connectivity index (χ0) is 17.0. The SMILES string of the molecule is CC(OC(=O)c1ccc(Cl)c(N)c1)C(=O)Nc1ccc(F)cc1. The van der Waals surface area contributed by atoms with Crippen LogP contribution in [0.4, 0.5) is 15.8 Å². The van der Waals surface area contributed by atoms with Crippen LogP contribution in [0.1, 0.15) is 17.3 Å². The van der Waals surface area contributed by atoms with Crippen LogP contribution in [0.15, 0.2) is 42.5 Å². The Labute approximate surface area is 137 Å². The first-order valence-corrected chi connectivity index (χ1v) is 7.07. The second-order valence-electron chi connectivity index (χ2n) is 4.78. The first-order valence-electron chi connectivity index (χ1n) is 6.69. The lowest BCUT2D eigenvalue weighted by atomic mass is 10.2. The molecule has 5 nitrogen and oxygen atoms in total. The zero-order valence-corrected chi connectivity index (χ0v) is 12.9. The summed E-state index contributed by atoms with van der Waals surface area (Å²) in [5, 5.41) is 2.84. The van der Waals surface area contributed by atoms with Crippen molar-refractivity contribution in [3.05, 3.63) is 58.9 Å². The van der Waals surface area contributed by atoms with Crippen LogP contribution in [0, 0.1) is 5.82 Å². The summed E-state index contributed by atoms with van der Waals surface area (Å²) < 4.78 is 17.9.